The standard InChI is InChI=1S/C41H70O5/c1-3-5-7-9-11-13-15-17-19-20-22-24-26-28-30-32-34-36-41(44)46-39(37-42)38-45-40(43)35-33-31-29-27-25-23-21-18-16-14-12-10-8-6-4-2/h6,8,12,14,17-19,21,25,27,39,42H,3-5,7,9-11,13,15-16,20,22-24,26,28-38H2,1-2H3/b8-6+,14-12+,19-17+,21-18+,27-25+/t39-/m0/s1. The van der Waals surface area contributed by atoms with Crippen LogP contribution in [0.3, 0.4) is 0 Å². The first-order valence-corrected chi connectivity index (χ1v) is 18.8. The quantitative estimate of drug-likeness (QED) is 0.0438. The van der Waals surface area contributed by atoms with Crippen molar-refractivity contribution in [2.24, 2.45) is 0 Å². The summed E-state index contributed by atoms with van der Waals surface area (Å²) >= 11 is 0. The van der Waals surface area contributed by atoms with Gasteiger partial charge in [0, 0.05) is 12.8 Å². The number of aliphatic hydroxyl groups excluding tert-OH is 1. The minimum atomic E-state index is -0.791. The number of ether oxygens (including phenoxy) is 2. The van der Waals surface area contributed by atoms with Crippen molar-refractivity contribution in [1.29, 1.82) is 0 Å². The van der Waals surface area contributed by atoms with Gasteiger partial charge in [-0.3, -0.25) is 9.59 Å². The van der Waals surface area contributed by atoms with Crippen LogP contribution in [-0.4, -0.2) is 36.4 Å². The van der Waals surface area contributed by atoms with Crippen molar-refractivity contribution < 1.29 is 24.2 Å². The Hall–Kier alpha value is -2.40. The number of hydrogen-bond acceptors (Lipinski definition) is 5. The van der Waals surface area contributed by atoms with Crippen LogP contribution in [0.4, 0.5) is 0 Å². The lowest BCUT2D eigenvalue weighted by atomic mass is 10.1. The SMILES string of the molecule is CC/C=C/C/C=C/C/C=C/C/C=C/CCCCC(=O)OC[C@H](CO)OC(=O)CCCCCCCCC/C=C/CCCCCCCC. The van der Waals surface area contributed by atoms with Crippen LogP contribution in [0.5, 0.6) is 0 Å². The Morgan fingerprint density at radius 1 is 0.522 bits per heavy atom. The van der Waals surface area contributed by atoms with Gasteiger partial charge in [-0.1, -0.05) is 139 Å². The van der Waals surface area contributed by atoms with E-state index >= 15 is 0 Å². The molecule has 0 aliphatic rings. The van der Waals surface area contributed by atoms with Gasteiger partial charge in [0.25, 0.3) is 0 Å². The molecule has 0 rings (SSSR count). The molecule has 0 aromatic rings. The van der Waals surface area contributed by atoms with Crippen molar-refractivity contribution in [2.45, 2.75) is 174 Å². The van der Waals surface area contributed by atoms with Gasteiger partial charge < -0.3 is 14.6 Å². The maximum atomic E-state index is 12.2. The zero-order chi connectivity index (χ0) is 33.6. The molecule has 0 fully saturated rings. The highest BCUT2D eigenvalue weighted by molar-refractivity contribution is 5.70. The van der Waals surface area contributed by atoms with Gasteiger partial charge in [0.1, 0.15) is 6.61 Å². The van der Waals surface area contributed by atoms with Gasteiger partial charge in [-0.05, 0) is 77.0 Å². The number of hydrogen-bond donors (Lipinski definition) is 1. The molecule has 0 spiro atoms. The van der Waals surface area contributed by atoms with E-state index in [1.165, 1.54) is 77.0 Å². The van der Waals surface area contributed by atoms with Crippen molar-refractivity contribution in [3.63, 3.8) is 0 Å². The zero-order valence-corrected chi connectivity index (χ0v) is 29.8. The predicted octanol–water partition coefficient (Wildman–Crippen LogP) is 11.6. The summed E-state index contributed by atoms with van der Waals surface area (Å²) in [5.74, 6) is -0.649. The van der Waals surface area contributed by atoms with Crippen LogP contribution in [0, 0.1) is 0 Å². The van der Waals surface area contributed by atoms with Gasteiger partial charge in [-0.2, -0.15) is 0 Å². The second kappa shape index (κ2) is 37.1. The summed E-state index contributed by atoms with van der Waals surface area (Å²) in [6, 6.07) is 0. The van der Waals surface area contributed by atoms with E-state index in [9.17, 15) is 14.7 Å². The Morgan fingerprint density at radius 3 is 1.48 bits per heavy atom. The molecule has 46 heavy (non-hydrogen) atoms. The summed E-state index contributed by atoms with van der Waals surface area (Å²) < 4.78 is 10.6. The van der Waals surface area contributed by atoms with Crippen molar-refractivity contribution in [3.8, 4) is 0 Å². The van der Waals surface area contributed by atoms with Gasteiger partial charge in [0.2, 0.25) is 0 Å². The first-order valence-electron chi connectivity index (χ1n) is 18.8. The monoisotopic (exact) mass is 643 g/mol. The molecule has 0 amide bonds. The highest BCUT2D eigenvalue weighted by Crippen LogP contribution is 2.12. The number of aliphatic hydroxyl groups is 1. The summed E-state index contributed by atoms with van der Waals surface area (Å²) in [5.41, 5.74) is 0. The topological polar surface area (TPSA) is 72.8 Å². The molecule has 0 aliphatic carbocycles. The van der Waals surface area contributed by atoms with Gasteiger partial charge in [-0.15, -0.1) is 0 Å². The zero-order valence-electron chi connectivity index (χ0n) is 29.8. The lowest BCUT2D eigenvalue weighted by Crippen LogP contribution is -2.28. The lowest BCUT2D eigenvalue weighted by Gasteiger charge is -2.15. The maximum Gasteiger partial charge on any atom is 0.306 e. The van der Waals surface area contributed by atoms with E-state index in [-0.39, 0.29) is 25.2 Å². The molecule has 0 saturated carbocycles. The number of carbonyl (C=O) groups excluding carboxylic acids is 2. The fourth-order valence-corrected chi connectivity index (χ4v) is 4.95. The van der Waals surface area contributed by atoms with Gasteiger partial charge in [0.05, 0.1) is 6.61 Å². The third-order valence-electron chi connectivity index (χ3n) is 7.80. The summed E-state index contributed by atoms with van der Waals surface area (Å²) in [4.78, 5) is 24.2. The van der Waals surface area contributed by atoms with Crippen LogP contribution in [0.15, 0.2) is 60.8 Å². The maximum absolute atomic E-state index is 12.2. The van der Waals surface area contributed by atoms with Crippen LogP contribution >= 0.6 is 0 Å². The molecular formula is C41H70O5. The van der Waals surface area contributed by atoms with E-state index in [0.717, 1.165) is 64.2 Å². The molecule has 0 saturated heterocycles. The Morgan fingerprint density at radius 2 is 0.935 bits per heavy atom. The predicted molar refractivity (Wildman–Crippen MR) is 196 cm³/mol. The summed E-state index contributed by atoms with van der Waals surface area (Å²) in [6.07, 6.45) is 47.1. The minimum absolute atomic E-state index is 0.0911. The normalized spacial score (nSPS) is 12.8. The number of esters is 2. The molecule has 0 unspecified atom stereocenters. The summed E-state index contributed by atoms with van der Waals surface area (Å²) in [7, 11) is 0. The molecule has 1 atom stereocenters. The molecule has 1 N–H and O–H groups in total. The second-order valence-corrected chi connectivity index (χ2v) is 12.3. The highest BCUT2D eigenvalue weighted by atomic mass is 16.6. The Balaban J connectivity index is 3.65. The fourth-order valence-electron chi connectivity index (χ4n) is 4.95. The second-order valence-electron chi connectivity index (χ2n) is 12.3. The van der Waals surface area contributed by atoms with Gasteiger partial charge in [0.15, 0.2) is 6.10 Å². The van der Waals surface area contributed by atoms with E-state index in [1.807, 2.05) is 0 Å². The van der Waals surface area contributed by atoms with E-state index in [4.69, 9.17) is 9.47 Å². The van der Waals surface area contributed by atoms with E-state index in [0.29, 0.717) is 12.8 Å². The van der Waals surface area contributed by atoms with Crippen molar-refractivity contribution in [1.82, 2.24) is 0 Å². The molecule has 0 aromatic carbocycles. The Bertz CT molecular complexity index is 823. The molecule has 0 aromatic heterocycles. The first kappa shape index (κ1) is 43.6. The van der Waals surface area contributed by atoms with Crippen molar-refractivity contribution in [2.75, 3.05) is 13.2 Å². The van der Waals surface area contributed by atoms with Crippen LogP contribution < -0.4 is 0 Å². The van der Waals surface area contributed by atoms with Crippen LogP contribution in [0.2, 0.25) is 0 Å². The number of carbonyl (C=O) groups is 2. The highest BCUT2D eigenvalue weighted by Gasteiger charge is 2.16. The van der Waals surface area contributed by atoms with Gasteiger partial charge >= 0.3 is 11.9 Å². The molecular weight excluding hydrogens is 572 g/mol. The fraction of sp³-hybridized carbons (Fsp3) is 0.707. The summed E-state index contributed by atoms with van der Waals surface area (Å²) in [6.45, 7) is 3.97. The Kier molecular flexibility index (Phi) is 35.1. The summed E-state index contributed by atoms with van der Waals surface area (Å²) in [5, 5.41) is 9.53. The lowest BCUT2D eigenvalue weighted by molar-refractivity contribution is -0.161. The Labute approximate surface area is 283 Å². The van der Waals surface area contributed by atoms with E-state index in [2.05, 4.69) is 74.6 Å². The van der Waals surface area contributed by atoms with E-state index in [1.54, 1.807) is 0 Å². The molecule has 0 heterocycles. The number of rotatable bonds is 33. The van der Waals surface area contributed by atoms with Gasteiger partial charge in [-0.25, -0.2) is 0 Å². The third kappa shape index (κ3) is 34.5. The smallest absolute Gasteiger partial charge is 0.306 e. The van der Waals surface area contributed by atoms with E-state index < -0.39 is 6.10 Å². The molecule has 5 heteroatoms. The third-order valence-corrected chi connectivity index (χ3v) is 7.80. The average Bonchev–Trinajstić information content (AvgIpc) is 3.06. The van der Waals surface area contributed by atoms with Crippen LogP contribution in [-0.2, 0) is 19.1 Å². The molecule has 264 valence electrons. The molecule has 0 aliphatic heterocycles. The molecule has 5 nitrogen and oxygen atoms in total. The van der Waals surface area contributed by atoms with Crippen LogP contribution in [0.1, 0.15) is 168 Å². The molecule has 0 bridgehead atoms. The first-order chi connectivity index (χ1) is 22.6. The number of unbranched alkanes of at least 4 members (excludes halogenated alkanes) is 15. The van der Waals surface area contributed by atoms with Crippen molar-refractivity contribution in [3.05, 3.63) is 60.8 Å². The largest absolute Gasteiger partial charge is 0.462 e. The van der Waals surface area contributed by atoms with Crippen LogP contribution in [0.25, 0.3) is 0 Å². The average molecular weight is 643 g/mol. The van der Waals surface area contributed by atoms with Crippen molar-refractivity contribution >= 4 is 11.9 Å². The minimum Gasteiger partial charge on any atom is -0.462 e. The number of allylic oxidation sites excluding steroid dienone is 10. The molecule has 0 radical (unpaired) electrons.